The molecular formula is C17H15Cl2N3O5. The summed E-state index contributed by atoms with van der Waals surface area (Å²) in [5.74, 6) is -1.50. The van der Waals surface area contributed by atoms with Gasteiger partial charge in [-0.05, 0) is 30.7 Å². The number of anilines is 1. The average molecular weight is 412 g/mol. The summed E-state index contributed by atoms with van der Waals surface area (Å²) in [4.78, 5) is 34.2. The second-order valence-corrected chi connectivity index (χ2v) is 6.38. The van der Waals surface area contributed by atoms with E-state index >= 15 is 0 Å². The van der Waals surface area contributed by atoms with Gasteiger partial charge in [0.2, 0.25) is 0 Å². The molecule has 0 saturated heterocycles. The predicted molar refractivity (Wildman–Crippen MR) is 101 cm³/mol. The van der Waals surface area contributed by atoms with Crippen LogP contribution in [0.3, 0.4) is 0 Å². The number of hydrogen-bond acceptors (Lipinski definition) is 6. The van der Waals surface area contributed by atoms with Gasteiger partial charge in [-0.15, -0.1) is 0 Å². The molecule has 0 aliphatic heterocycles. The van der Waals surface area contributed by atoms with Gasteiger partial charge in [-0.3, -0.25) is 14.9 Å². The molecule has 0 spiro atoms. The minimum Gasteiger partial charge on any atom is -0.452 e. The highest BCUT2D eigenvalue weighted by Gasteiger charge is 2.18. The van der Waals surface area contributed by atoms with Crippen LogP contribution >= 0.6 is 23.2 Å². The fourth-order valence-electron chi connectivity index (χ4n) is 2.19. The fourth-order valence-corrected chi connectivity index (χ4v) is 2.50. The maximum Gasteiger partial charge on any atom is 0.341 e. The summed E-state index contributed by atoms with van der Waals surface area (Å²) in [7, 11) is 0. The van der Waals surface area contributed by atoms with Crippen molar-refractivity contribution in [1.82, 2.24) is 5.32 Å². The van der Waals surface area contributed by atoms with Crippen LogP contribution in [0.2, 0.25) is 10.0 Å². The lowest BCUT2D eigenvalue weighted by molar-refractivity contribution is -0.384. The number of nitro groups is 1. The molecule has 0 bridgehead atoms. The Morgan fingerprint density at radius 1 is 1.22 bits per heavy atom. The Bertz CT molecular complexity index is 904. The number of carbonyl (C=O) groups excluding carboxylic acids is 2. The van der Waals surface area contributed by atoms with Crippen molar-refractivity contribution in [2.45, 2.75) is 13.0 Å². The Hall–Kier alpha value is -2.84. The van der Waals surface area contributed by atoms with E-state index in [1.54, 1.807) is 25.1 Å². The summed E-state index contributed by atoms with van der Waals surface area (Å²) in [6.07, 6.45) is 0. The lowest BCUT2D eigenvalue weighted by Crippen LogP contribution is -2.31. The highest BCUT2D eigenvalue weighted by atomic mass is 35.5. The molecule has 0 aliphatic rings. The lowest BCUT2D eigenvalue weighted by Gasteiger charge is -2.15. The summed E-state index contributed by atoms with van der Waals surface area (Å²) in [5.41, 5.74) is 5.86. The van der Waals surface area contributed by atoms with E-state index in [0.717, 1.165) is 12.1 Å². The van der Waals surface area contributed by atoms with Crippen LogP contribution in [0.15, 0.2) is 36.4 Å². The van der Waals surface area contributed by atoms with Crippen LogP contribution in [0.5, 0.6) is 0 Å². The zero-order valence-electron chi connectivity index (χ0n) is 14.1. The highest BCUT2D eigenvalue weighted by Crippen LogP contribution is 2.25. The van der Waals surface area contributed by atoms with Gasteiger partial charge in [-0.25, -0.2) is 4.79 Å². The summed E-state index contributed by atoms with van der Waals surface area (Å²) < 4.78 is 4.88. The van der Waals surface area contributed by atoms with Crippen LogP contribution in [0.4, 0.5) is 11.4 Å². The number of ether oxygens (including phenoxy) is 1. The first-order valence-corrected chi connectivity index (χ1v) is 8.40. The van der Waals surface area contributed by atoms with E-state index in [1.807, 2.05) is 0 Å². The second-order valence-electron chi connectivity index (χ2n) is 5.57. The third-order valence-electron chi connectivity index (χ3n) is 3.62. The molecule has 8 nitrogen and oxygen atoms in total. The largest absolute Gasteiger partial charge is 0.452 e. The smallest absolute Gasteiger partial charge is 0.341 e. The minimum atomic E-state index is -0.937. The molecule has 2 rings (SSSR count). The molecule has 0 unspecified atom stereocenters. The van der Waals surface area contributed by atoms with E-state index in [9.17, 15) is 19.7 Å². The van der Waals surface area contributed by atoms with Crippen LogP contribution in [-0.4, -0.2) is 23.4 Å². The normalized spacial score (nSPS) is 11.5. The van der Waals surface area contributed by atoms with Crippen molar-refractivity contribution in [2.24, 2.45) is 0 Å². The molecule has 27 heavy (non-hydrogen) atoms. The van der Waals surface area contributed by atoms with Crippen molar-refractivity contribution in [2.75, 3.05) is 12.3 Å². The van der Waals surface area contributed by atoms with Crippen LogP contribution < -0.4 is 11.1 Å². The number of rotatable bonds is 6. The molecule has 0 heterocycles. The maximum absolute atomic E-state index is 12.0. The third kappa shape index (κ3) is 5.32. The summed E-state index contributed by atoms with van der Waals surface area (Å²) >= 11 is 11.8. The van der Waals surface area contributed by atoms with E-state index in [-0.39, 0.29) is 16.9 Å². The molecule has 0 aliphatic carbocycles. The molecule has 0 aromatic heterocycles. The van der Waals surface area contributed by atoms with Gasteiger partial charge in [-0.2, -0.15) is 0 Å². The molecule has 10 heteroatoms. The molecule has 1 atom stereocenters. The Kier molecular flexibility index (Phi) is 6.59. The number of amides is 1. The molecule has 0 fully saturated rings. The SMILES string of the molecule is C[C@H](NC(=O)COC(=O)c1cc([N+](=O)[O-])ccc1N)c1ccc(Cl)c(Cl)c1. The molecule has 2 aromatic carbocycles. The fraction of sp³-hybridized carbons (Fsp3) is 0.176. The topological polar surface area (TPSA) is 125 Å². The van der Waals surface area contributed by atoms with Gasteiger partial charge >= 0.3 is 5.97 Å². The number of hydrogen-bond donors (Lipinski definition) is 2. The van der Waals surface area contributed by atoms with Crippen molar-refractivity contribution in [3.05, 3.63) is 67.7 Å². The Balaban J connectivity index is 1.97. The molecule has 1 amide bonds. The van der Waals surface area contributed by atoms with E-state index in [1.165, 1.54) is 6.07 Å². The number of esters is 1. The van der Waals surface area contributed by atoms with Crippen LogP contribution in [0.25, 0.3) is 0 Å². The first kappa shape index (κ1) is 20.5. The van der Waals surface area contributed by atoms with Gasteiger partial charge in [0.05, 0.1) is 26.6 Å². The third-order valence-corrected chi connectivity index (χ3v) is 4.36. The number of nitrogens with one attached hydrogen (secondary N) is 1. The van der Waals surface area contributed by atoms with Gasteiger partial charge in [0, 0.05) is 17.8 Å². The summed E-state index contributed by atoms with van der Waals surface area (Å²) in [6.45, 7) is 1.14. The van der Waals surface area contributed by atoms with E-state index in [0.29, 0.717) is 15.6 Å². The van der Waals surface area contributed by atoms with Crippen LogP contribution in [0, 0.1) is 10.1 Å². The summed E-state index contributed by atoms with van der Waals surface area (Å²) in [6, 6.07) is 7.90. The molecule has 3 N–H and O–H groups in total. The summed E-state index contributed by atoms with van der Waals surface area (Å²) in [5, 5.41) is 14.2. The number of carbonyl (C=O) groups is 2. The average Bonchev–Trinajstić information content (AvgIpc) is 2.62. The molecule has 2 aromatic rings. The number of nitrogens with two attached hydrogens (primary N) is 1. The van der Waals surface area contributed by atoms with Gasteiger partial charge in [0.15, 0.2) is 6.61 Å². The maximum atomic E-state index is 12.0. The Labute approximate surface area is 164 Å². The van der Waals surface area contributed by atoms with Crippen molar-refractivity contribution in [1.29, 1.82) is 0 Å². The van der Waals surface area contributed by atoms with Crippen LogP contribution in [0.1, 0.15) is 28.9 Å². The molecule has 142 valence electrons. The zero-order valence-corrected chi connectivity index (χ0v) is 15.6. The van der Waals surface area contributed by atoms with Crippen LogP contribution in [-0.2, 0) is 9.53 Å². The monoisotopic (exact) mass is 411 g/mol. The van der Waals surface area contributed by atoms with Crippen molar-refractivity contribution in [3.63, 3.8) is 0 Å². The molecular weight excluding hydrogens is 397 g/mol. The molecule has 0 saturated carbocycles. The number of nitrogen functional groups attached to an aromatic ring is 1. The lowest BCUT2D eigenvalue weighted by atomic mass is 10.1. The number of nitro benzene ring substituents is 1. The standard InChI is InChI=1S/C17H15Cl2N3O5/c1-9(10-2-4-13(18)14(19)6-10)21-16(23)8-27-17(24)12-7-11(22(25)26)3-5-15(12)20/h2-7,9H,8,20H2,1H3,(H,21,23)/t9-/m0/s1. The Morgan fingerprint density at radius 2 is 1.93 bits per heavy atom. The predicted octanol–water partition coefficient (Wildman–Crippen LogP) is 3.52. The Morgan fingerprint density at radius 3 is 2.56 bits per heavy atom. The van der Waals surface area contributed by atoms with Crippen molar-refractivity contribution in [3.8, 4) is 0 Å². The van der Waals surface area contributed by atoms with Gasteiger partial charge in [0.1, 0.15) is 0 Å². The highest BCUT2D eigenvalue weighted by molar-refractivity contribution is 6.42. The zero-order chi connectivity index (χ0) is 20.1. The van der Waals surface area contributed by atoms with Crippen molar-refractivity contribution >= 4 is 46.5 Å². The minimum absolute atomic E-state index is 0.00943. The number of halogens is 2. The van der Waals surface area contributed by atoms with E-state index in [4.69, 9.17) is 33.7 Å². The number of benzene rings is 2. The van der Waals surface area contributed by atoms with Gasteiger partial charge in [0.25, 0.3) is 11.6 Å². The first-order chi connectivity index (χ1) is 12.7. The van der Waals surface area contributed by atoms with Crippen molar-refractivity contribution < 1.29 is 19.2 Å². The van der Waals surface area contributed by atoms with E-state index < -0.39 is 29.4 Å². The quantitative estimate of drug-likeness (QED) is 0.324. The van der Waals surface area contributed by atoms with Gasteiger partial charge in [-0.1, -0.05) is 29.3 Å². The first-order valence-electron chi connectivity index (χ1n) is 7.64. The number of non-ortho nitro benzene ring substituents is 1. The van der Waals surface area contributed by atoms with E-state index in [2.05, 4.69) is 5.32 Å². The number of nitrogens with zero attached hydrogens (tertiary/aromatic N) is 1. The second kappa shape index (κ2) is 8.70. The molecule has 0 radical (unpaired) electrons. The van der Waals surface area contributed by atoms with Gasteiger partial charge < -0.3 is 15.8 Å².